The molecule has 2 fully saturated rings. The van der Waals surface area contributed by atoms with E-state index in [1.165, 1.54) is 18.0 Å². The predicted molar refractivity (Wildman–Crippen MR) is 115 cm³/mol. The van der Waals surface area contributed by atoms with Gasteiger partial charge in [-0.2, -0.15) is 4.98 Å². The van der Waals surface area contributed by atoms with Gasteiger partial charge >= 0.3 is 6.03 Å². The summed E-state index contributed by atoms with van der Waals surface area (Å²) in [7, 11) is 3.04. The Morgan fingerprint density at radius 2 is 1.94 bits per heavy atom. The molecule has 32 heavy (non-hydrogen) atoms. The van der Waals surface area contributed by atoms with Crippen LogP contribution in [0.1, 0.15) is 35.8 Å². The molecule has 166 valence electrons. The topological polar surface area (TPSA) is 102 Å². The van der Waals surface area contributed by atoms with Gasteiger partial charge < -0.3 is 13.9 Å². The van der Waals surface area contributed by atoms with E-state index in [9.17, 15) is 9.59 Å². The van der Waals surface area contributed by atoms with Crippen molar-refractivity contribution in [2.24, 2.45) is 0 Å². The summed E-state index contributed by atoms with van der Waals surface area (Å²) in [6.07, 6.45) is 6.11. The lowest BCUT2D eigenvalue weighted by atomic mass is 10.1. The molecule has 1 saturated heterocycles. The second-order valence-corrected chi connectivity index (χ2v) is 8.27. The van der Waals surface area contributed by atoms with E-state index < -0.39 is 0 Å². The highest BCUT2D eigenvalue weighted by Gasteiger charge is 2.36. The van der Waals surface area contributed by atoms with E-state index in [0.717, 1.165) is 23.3 Å². The normalized spacial score (nSPS) is 16.5. The van der Waals surface area contributed by atoms with Gasteiger partial charge in [-0.25, -0.2) is 14.8 Å². The van der Waals surface area contributed by atoms with Gasteiger partial charge in [0.15, 0.2) is 11.5 Å². The van der Waals surface area contributed by atoms with E-state index >= 15 is 0 Å². The van der Waals surface area contributed by atoms with Crippen LogP contribution >= 0.6 is 11.6 Å². The van der Waals surface area contributed by atoms with E-state index in [1.54, 1.807) is 7.11 Å². The standard InChI is InChI=1S/C21H21ClN6O4/c1-26-19(29)9-28(21(26)30)15-5-13(12-3-4-12)7-27-8-14(23-20(15)27)10-32-18-6-16(22)24-17(25-18)11-31-2/h5-8,12H,3-4,9-11H2,1-2H3. The average molecular weight is 457 g/mol. The Morgan fingerprint density at radius 3 is 2.62 bits per heavy atom. The number of nitrogens with zero attached hydrogens (tertiary/aromatic N) is 6. The van der Waals surface area contributed by atoms with Crippen molar-refractivity contribution in [2.45, 2.75) is 32.0 Å². The van der Waals surface area contributed by atoms with Gasteiger partial charge in [-0.3, -0.25) is 14.6 Å². The van der Waals surface area contributed by atoms with Crippen LogP contribution < -0.4 is 9.64 Å². The number of ether oxygens (including phenoxy) is 2. The third-order valence-electron chi connectivity index (χ3n) is 5.49. The number of hydrogen-bond donors (Lipinski definition) is 0. The number of hydrogen-bond acceptors (Lipinski definition) is 7. The maximum Gasteiger partial charge on any atom is 0.331 e. The zero-order valence-electron chi connectivity index (χ0n) is 17.6. The first-order valence-electron chi connectivity index (χ1n) is 10.2. The summed E-state index contributed by atoms with van der Waals surface area (Å²) in [5.74, 6) is 0.957. The van der Waals surface area contributed by atoms with Crippen LogP contribution in [0.25, 0.3) is 5.65 Å². The smallest absolute Gasteiger partial charge is 0.331 e. The molecule has 1 aliphatic heterocycles. The van der Waals surface area contributed by atoms with Crippen LogP contribution in [-0.4, -0.2) is 56.9 Å². The fraction of sp³-hybridized carbons (Fsp3) is 0.381. The van der Waals surface area contributed by atoms with E-state index in [4.69, 9.17) is 21.1 Å². The molecule has 0 spiro atoms. The summed E-state index contributed by atoms with van der Waals surface area (Å²) in [4.78, 5) is 40.3. The molecule has 2 aliphatic rings. The lowest BCUT2D eigenvalue weighted by molar-refractivity contribution is -0.123. The molecule has 0 atom stereocenters. The Balaban J connectivity index is 1.46. The molecule has 3 aromatic heterocycles. The number of fused-ring (bicyclic) bond motifs is 1. The third kappa shape index (κ3) is 3.87. The number of carbonyl (C=O) groups is 2. The fourth-order valence-electron chi connectivity index (χ4n) is 3.70. The summed E-state index contributed by atoms with van der Waals surface area (Å²) in [5.41, 5.74) is 2.98. The molecule has 3 aromatic rings. The highest BCUT2D eigenvalue weighted by molar-refractivity contribution is 6.29. The molecule has 4 heterocycles. The molecule has 0 N–H and O–H groups in total. The summed E-state index contributed by atoms with van der Waals surface area (Å²) < 4.78 is 12.7. The lowest BCUT2D eigenvalue weighted by Crippen LogP contribution is -2.30. The van der Waals surface area contributed by atoms with Crippen LogP contribution in [0.5, 0.6) is 5.88 Å². The van der Waals surface area contributed by atoms with Crippen molar-refractivity contribution in [2.75, 3.05) is 25.6 Å². The number of amides is 3. The first-order chi connectivity index (χ1) is 15.4. The molecule has 0 radical (unpaired) electrons. The molecule has 0 bridgehead atoms. The zero-order chi connectivity index (χ0) is 22.4. The van der Waals surface area contributed by atoms with Gasteiger partial charge in [0.05, 0.1) is 11.4 Å². The molecule has 0 aromatic carbocycles. The fourth-order valence-corrected chi connectivity index (χ4v) is 3.89. The SMILES string of the molecule is COCc1nc(Cl)cc(OCc2cn3cc(C4CC4)cc(N4CC(=O)N(C)C4=O)c3n2)n1. The Kier molecular flexibility index (Phi) is 5.18. The number of urea groups is 1. The number of carbonyl (C=O) groups excluding carboxylic acids is 2. The van der Waals surface area contributed by atoms with Crippen LogP contribution in [0.3, 0.4) is 0 Å². The van der Waals surface area contributed by atoms with Crippen molar-refractivity contribution in [1.29, 1.82) is 0 Å². The molecule has 1 aliphatic carbocycles. The van der Waals surface area contributed by atoms with Crippen molar-refractivity contribution in [1.82, 2.24) is 24.3 Å². The van der Waals surface area contributed by atoms with Gasteiger partial charge in [0, 0.05) is 32.6 Å². The van der Waals surface area contributed by atoms with E-state index in [2.05, 4.69) is 15.0 Å². The minimum absolute atomic E-state index is 0.000479. The number of aromatic nitrogens is 4. The highest BCUT2D eigenvalue weighted by Crippen LogP contribution is 2.42. The zero-order valence-corrected chi connectivity index (χ0v) is 18.4. The van der Waals surface area contributed by atoms with Crippen LogP contribution in [0.15, 0.2) is 24.5 Å². The molecule has 5 rings (SSSR count). The Morgan fingerprint density at radius 1 is 1.12 bits per heavy atom. The van der Waals surface area contributed by atoms with Crippen molar-refractivity contribution >= 4 is 34.9 Å². The van der Waals surface area contributed by atoms with Gasteiger partial charge in [0.25, 0.3) is 0 Å². The van der Waals surface area contributed by atoms with Crippen LogP contribution in [0, 0.1) is 0 Å². The number of rotatable bonds is 7. The summed E-state index contributed by atoms with van der Waals surface area (Å²) in [6.45, 7) is 0.363. The van der Waals surface area contributed by atoms with Crippen molar-refractivity contribution in [3.8, 4) is 5.88 Å². The molecule has 11 heteroatoms. The van der Waals surface area contributed by atoms with Gasteiger partial charge in [0.2, 0.25) is 11.8 Å². The van der Waals surface area contributed by atoms with Crippen LogP contribution in [-0.2, 0) is 22.7 Å². The molecule has 1 saturated carbocycles. The minimum atomic E-state index is -0.355. The van der Waals surface area contributed by atoms with Crippen molar-refractivity contribution in [3.63, 3.8) is 0 Å². The molecule has 10 nitrogen and oxygen atoms in total. The Hall–Kier alpha value is -3.24. The van der Waals surface area contributed by atoms with E-state index in [1.807, 2.05) is 22.9 Å². The summed E-state index contributed by atoms with van der Waals surface area (Å²) in [6, 6.07) is 3.14. The molecular formula is C21H21ClN6O4. The summed E-state index contributed by atoms with van der Waals surface area (Å²) >= 11 is 6.04. The van der Waals surface area contributed by atoms with Gasteiger partial charge in [-0.05, 0) is 30.4 Å². The number of imide groups is 1. The third-order valence-corrected chi connectivity index (χ3v) is 5.68. The van der Waals surface area contributed by atoms with Crippen molar-refractivity contribution < 1.29 is 19.1 Å². The summed E-state index contributed by atoms with van der Waals surface area (Å²) in [5, 5.41) is 0.259. The largest absolute Gasteiger partial charge is 0.471 e. The van der Waals surface area contributed by atoms with E-state index in [0.29, 0.717) is 34.7 Å². The number of likely N-dealkylation sites (N-methyl/N-ethyl adjacent to an activating group) is 1. The Labute approximate surface area is 188 Å². The first kappa shape index (κ1) is 20.7. The van der Waals surface area contributed by atoms with E-state index in [-0.39, 0.29) is 36.8 Å². The van der Waals surface area contributed by atoms with Crippen LogP contribution in [0.2, 0.25) is 5.15 Å². The quantitative estimate of drug-likeness (QED) is 0.398. The van der Waals surface area contributed by atoms with Crippen LogP contribution in [0.4, 0.5) is 10.5 Å². The van der Waals surface area contributed by atoms with Gasteiger partial charge in [-0.1, -0.05) is 11.6 Å². The predicted octanol–water partition coefficient (Wildman–Crippen LogP) is 2.78. The first-order valence-corrected chi connectivity index (χ1v) is 10.6. The maximum absolute atomic E-state index is 12.6. The molecule has 0 unspecified atom stereocenters. The number of anilines is 1. The number of methoxy groups -OCH3 is 1. The minimum Gasteiger partial charge on any atom is -0.471 e. The van der Waals surface area contributed by atoms with Gasteiger partial charge in [0.1, 0.15) is 24.9 Å². The highest BCUT2D eigenvalue weighted by atomic mass is 35.5. The monoisotopic (exact) mass is 456 g/mol. The Bertz CT molecular complexity index is 1220. The number of pyridine rings is 1. The molecular weight excluding hydrogens is 436 g/mol. The number of halogens is 1. The van der Waals surface area contributed by atoms with Gasteiger partial charge in [-0.15, -0.1) is 0 Å². The second kappa shape index (κ2) is 8.03. The maximum atomic E-state index is 12.6. The average Bonchev–Trinajstić information content (AvgIpc) is 3.48. The molecule has 3 amide bonds. The second-order valence-electron chi connectivity index (χ2n) is 7.88. The number of imidazole rings is 1. The van der Waals surface area contributed by atoms with Crippen molar-refractivity contribution in [3.05, 3.63) is 46.8 Å². The lowest BCUT2D eigenvalue weighted by Gasteiger charge is -2.17.